The summed E-state index contributed by atoms with van der Waals surface area (Å²) in [5.41, 5.74) is 1.13. The van der Waals surface area contributed by atoms with Gasteiger partial charge in [0, 0.05) is 25.9 Å². The molecule has 4 atom stereocenters. The van der Waals surface area contributed by atoms with Crippen LogP contribution in [0.3, 0.4) is 0 Å². The minimum Gasteiger partial charge on any atom is -0.354 e. The normalized spacial score (nSPS) is 21.4. The maximum absolute atomic E-state index is 13.8. The van der Waals surface area contributed by atoms with Gasteiger partial charge in [0.05, 0.1) is 6.04 Å². The molecule has 0 bridgehead atoms. The molecule has 0 spiro atoms. The summed E-state index contributed by atoms with van der Waals surface area (Å²) in [7, 11) is 1.70. The maximum atomic E-state index is 13.8. The van der Waals surface area contributed by atoms with Crippen molar-refractivity contribution in [1.29, 1.82) is 0 Å². The van der Waals surface area contributed by atoms with E-state index in [1.54, 1.807) is 18.9 Å². The third-order valence-electron chi connectivity index (χ3n) is 8.34. The van der Waals surface area contributed by atoms with Crippen LogP contribution in [0, 0.1) is 17.8 Å². The number of hydrogen-bond donors (Lipinski definition) is 3. The van der Waals surface area contributed by atoms with Crippen molar-refractivity contribution >= 4 is 23.5 Å². The molecule has 1 aliphatic heterocycles. The fourth-order valence-electron chi connectivity index (χ4n) is 5.88. The van der Waals surface area contributed by atoms with Gasteiger partial charge in [-0.25, -0.2) is 0 Å². The van der Waals surface area contributed by atoms with Crippen LogP contribution in [0.2, 0.25) is 0 Å². The Kier molecular flexibility index (Phi) is 12.0. The van der Waals surface area contributed by atoms with Crippen molar-refractivity contribution in [2.45, 2.75) is 96.7 Å². The van der Waals surface area contributed by atoms with E-state index in [4.69, 9.17) is 0 Å². The first-order valence-corrected chi connectivity index (χ1v) is 14.8. The third-order valence-corrected chi connectivity index (χ3v) is 8.34. The molecule has 0 unspecified atom stereocenters. The predicted molar refractivity (Wildman–Crippen MR) is 153 cm³/mol. The summed E-state index contributed by atoms with van der Waals surface area (Å²) in [6.45, 7) is 6.35. The third kappa shape index (κ3) is 9.16. The van der Waals surface area contributed by atoms with Crippen LogP contribution in [0.15, 0.2) is 30.3 Å². The first kappa shape index (κ1) is 30.8. The van der Waals surface area contributed by atoms with E-state index in [0.29, 0.717) is 44.7 Å². The summed E-state index contributed by atoms with van der Waals surface area (Å²) < 4.78 is 0. The van der Waals surface area contributed by atoms with Crippen LogP contribution in [-0.2, 0) is 25.6 Å². The maximum Gasteiger partial charge on any atom is 0.246 e. The van der Waals surface area contributed by atoms with E-state index < -0.39 is 18.1 Å². The molecule has 8 heteroatoms. The van der Waals surface area contributed by atoms with Crippen molar-refractivity contribution in [3.63, 3.8) is 0 Å². The second-order valence-electron chi connectivity index (χ2n) is 11.8. The second-order valence-corrected chi connectivity index (χ2v) is 11.8. The summed E-state index contributed by atoms with van der Waals surface area (Å²) in [6, 6.07) is 8.10. The zero-order chi connectivity index (χ0) is 28.4. The van der Waals surface area contributed by atoms with Crippen molar-refractivity contribution in [3.05, 3.63) is 35.9 Å². The van der Waals surface area contributed by atoms with Gasteiger partial charge in [-0.15, -0.1) is 0 Å². The number of carbonyl (C=O) groups is 4. The lowest BCUT2D eigenvalue weighted by Crippen LogP contribution is -2.57. The van der Waals surface area contributed by atoms with Crippen LogP contribution < -0.4 is 16.0 Å². The van der Waals surface area contributed by atoms with Gasteiger partial charge in [0.1, 0.15) is 17.9 Å². The summed E-state index contributed by atoms with van der Waals surface area (Å²) >= 11 is 0. The highest BCUT2D eigenvalue weighted by Gasteiger charge is 2.43. The zero-order valence-electron chi connectivity index (χ0n) is 24.2. The number of amides is 3. The monoisotopic (exact) mass is 540 g/mol. The first-order chi connectivity index (χ1) is 18.7. The van der Waals surface area contributed by atoms with Gasteiger partial charge in [-0.3, -0.25) is 19.2 Å². The highest BCUT2D eigenvalue weighted by molar-refractivity contribution is 5.93. The number of nitrogens with one attached hydrogen (secondary N) is 3. The van der Waals surface area contributed by atoms with Crippen molar-refractivity contribution in [1.82, 2.24) is 20.9 Å². The molecule has 216 valence electrons. The number of carbonyl (C=O) groups excluding carboxylic acids is 4. The van der Waals surface area contributed by atoms with Gasteiger partial charge in [0.15, 0.2) is 0 Å². The van der Waals surface area contributed by atoms with Gasteiger partial charge < -0.3 is 20.9 Å². The Labute approximate surface area is 234 Å². The van der Waals surface area contributed by atoms with Crippen molar-refractivity contribution < 1.29 is 19.2 Å². The molecule has 3 rings (SSSR count). The molecule has 1 saturated carbocycles. The van der Waals surface area contributed by atoms with Crippen LogP contribution in [-0.4, -0.2) is 66.7 Å². The molecular weight excluding hydrogens is 492 g/mol. The number of likely N-dealkylation sites (N-methyl/N-ethyl adjacent to an activating group) is 1. The molecule has 1 aromatic rings. The zero-order valence-corrected chi connectivity index (χ0v) is 24.2. The lowest BCUT2D eigenvalue weighted by Gasteiger charge is -2.31. The molecular formula is C31H48N4O4. The smallest absolute Gasteiger partial charge is 0.246 e. The molecule has 1 saturated heterocycles. The Morgan fingerprint density at radius 2 is 1.62 bits per heavy atom. The average molecular weight is 541 g/mol. The fourth-order valence-corrected chi connectivity index (χ4v) is 5.88. The number of likely N-dealkylation sites (tertiary alicyclic amines) is 1. The summed E-state index contributed by atoms with van der Waals surface area (Å²) in [6.07, 6.45) is 8.05. The van der Waals surface area contributed by atoms with Gasteiger partial charge >= 0.3 is 0 Å². The molecule has 1 aromatic carbocycles. The molecule has 2 fully saturated rings. The molecule has 0 radical (unpaired) electrons. The Bertz CT molecular complexity index is 961. The van der Waals surface area contributed by atoms with Crippen LogP contribution in [0.25, 0.3) is 0 Å². The van der Waals surface area contributed by atoms with E-state index >= 15 is 0 Å². The molecule has 1 aliphatic carbocycles. The van der Waals surface area contributed by atoms with Gasteiger partial charge in [0.2, 0.25) is 17.7 Å². The molecule has 1 heterocycles. The minimum atomic E-state index is -0.746. The lowest BCUT2D eigenvalue weighted by molar-refractivity contribution is -0.142. The largest absolute Gasteiger partial charge is 0.354 e. The number of Topliss-reactive ketones (excluding diaryl/α,β-unsaturated/α-hetero) is 1. The Hall–Kier alpha value is -2.74. The van der Waals surface area contributed by atoms with Crippen molar-refractivity contribution in [2.24, 2.45) is 17.8 Å². The number of ketones is 1. The van der Waals surface area contributed by atoms with Crippen molar-refractivity contribution in [3.8, 4) is 0 Å². The van der Waals surface area contributed by atoms with E-state index in [-0.39, 0.29) is 35.3 Å². The molecule has 3 N–H and O–H groups in total. The van der Waals surface area contributed by atoms with E-state index in [2.05, 4.69) is 16.0 Å². The fraction of sp³-hybridized carbons (Fsp3) is 0.677. The number of nitrogens with zero attached hydrogens (tertiary/aromatic N) is 1. The van der Waals surface area contributed by atoms with E-state index in [1.165, 1.54) is 19.3 Å². The number of rotatable bonds is 13. The summed E-state index contributed by atoms with van der Waals surface area (Å²) in [4.78, 5) is 54.4. The van der Waals surface area contributed by atoms with E-state index in [1.807, 2.05) is 44.2 Å². The topological polar surface area (TPSA) is 108 Å². The minimum absolute atomic E-state index is 0.0605. The predicted octanol–water partition coefficient (Wildman–Crippen LogP) is 3.24. The van der Waals surface area contributed by atoms with Gasteiger partial charge in [0.25, 0.3) is 0 Å². The van der Waals surface area contributed by atoms with Crippen LogP contribution in [0.4, 0.5) is 0 Å². The van der Waals surface area contributed by atoms with Gasteiger partial charge in [-0.1, -0.05) is 76.3 Å². The molecule has 2 aliphatic rings. The standard InChI is InChI=1S/C31H48N4O4/c1-21(2)28(34-29(37)22(3)32-4)31(39)35-20-25(18-26(36)17-24-13-9-6-10-14-24)19-27(35)30(38)33-16-15-23-11-7-5-8-12-23/h5,7-8,11-12,21-22,24-25,27-28,32H,6,9-10,13-20H2,1-4H3,(H,33,38)(H,34,37)/t22-,25-,27-,28-/m0/s1. The summed E-state index contributed by atoms with van der Waals surface area (Å²) in [5.74, 6) is -0.218. The first-order valence-electron chi connectivity index (χ1n) is 14.8. The van der Waals surface area contributed by atoms with Crippen LogP contribution >= 0.6 is 0 Å². The Balaban J connectivity index is 1.69. The lowest BCUT2D eigenvalue weighted by atomic mass is 9.84. The molecule has 39 heavy (non-hydrogen) atoms. The van der Waals surface area contributed by atoms with Crippen LogP contribution in [0.1, 0.15) is 77.7 Å². The van der Waals surface area contributed by atoms with Gasteiger partial charge in [-0.05, 0) is 50.1 Å². The highest BCUT2D eigenvalue weighted by atomic mass is 16.2. The highest BCUT2D eigenvalue weighted by Crippen LogP contribution is 2.31. The number of hydrogen-bond acceptors (Lipinski definition) is 5. The SMILES string of the molecule is CN[C@@H](C)C(=O)N[C@H](C(=O)N1C[C@@H](CC(=O)CC2CCCCC2)C[C@H]1C(=O)NCCc1ccccc1)C(C)C. The van der Waals surface area contributed by atoms with Gasteiger partial charge in [-0.2, -0.15) is 0 Å². The molecule has 3 amide bonds. The number of benzene rings is 1. The molecule has 8 nitrogen and oxygen atoms in total. The average Bonchev–Trinajstić information content (AvgIpc) is 3.35. The van der Waals surface area contributed by atoms with E-state index in [9.17, 15) is 19.2 Å². The van der Waals surface area contributed by atoms with E-state index in [0.717, 1.165) is 18.4 Å². The molecule has 0 aromatic heterocycles. The quantitative estimate of drug-likeness (QED) is 0.356. The Morgan fingerprint density at radius 3 is 2.26 bits per heavy atom. The van der Waals surface area contributed by atoms with Crippen molar-refractivity contribution in [2.75, 3.05) is 20.1 Å². The summed E-state index contributed by atoms with van der Waals surface area (Å²) in [5, 5.41) is 8.81. The Morgan fingerprint density at radius 1 is 0.949 bits per heavy atom. The second kappa shape index (κ2) is 15.2. The van der Waals surface area contributed by atoms with Crippen LogP contribution in [0.5, 0.6) is 0 Å².